The number of benzene rings is 3. The molecule has 1 saturated heterocycles. The minimum absolute atomic E-state index is 0.0185. The molecule has 51 heavy (non-hydrogen) atoms. The van der Waals surface area contributed by atoms with Crippen molar-refractivity contribution in [3.05, 3.63) is 75.3 Å². The number of aliphatic hydroxyl groups excluding tert-OH is 2. The number of phenolic OH excluding ortho intramolecular Hbond substituents is 3. The number of carbonyl (C=O) groups is 2. The predicted octanol–water partition coefficient (Wildman–Crippen LogP) is 6.24. The SMILES string of the molecule is CN(C)C(=O)N(C)C.CN1C(=O)N(C)C(CO)C1CO.Cc1cc(-c2cc(C)c(O)c(C)c2)cc(C)c1O.Cc1cc(C(C)(C)C)cc(C)c1O. The summed E-state index contributed by atoms with van der Waals surface area (Å²) < 4.78 is 0. The maximum Gasteiger partial charge on any atom is 0.320 e. The molecule has 11 nitrogen and oxygen atoms in total. The van der Waals surface area contributed by atoms with Crippen LogP contribution in [0.25, 0.3) is 11.1 Å². The minimum Gasteiger partial charge on any atom is -0.507 e. The number of urea groups is 2. The van der Waals surface area contributed by atoms with Crippen LogP contribution in [0.15, 0.2) is 36.4 Å². The van der Waals surface area contributed by atoms with Gasteiger partial charge in [-0.15, -0.1) is 0 Å². The van der Waals surface area contributed by atoms with E-state index in [1.165, 1.54) is 25.2 Å². The summed E-state index contributed by atoms with van der Waals surface area (Å²) in [4.78, 5) is 27.9. The molecule has 1 fully saturated rings. The Kier molecular flexibility index (Phi) is 16.3. The van der Waals surface area contributed by atoms with Gasteiger partial charge in [-0.3, -0.25) is 0 Å². The zero-order chi connectivity index (χ0) is 39.7. The van der Waals surface area contributed by atoms with Gasteiger partial charge in [0.15, 0.2) is 0 Å². The monoisotopic (exact) mass is 710 g/mol. The van der Waals surface area contributed by atoms with Gasteiger partial charge in [-0.2, -0.15) is 0 Å². The summed E-state index contributed by atoms with van der Waals surface area (Å²) >= 11 is 0. The second-order valence-corrected chi connectivity index (χ2v) is 14.7. The van der Waals surface area contributed by atoms with E-state index in [0.29, 0.717) is 17.2 Å². The van der Waals surface area contributed by atoms with Gasteiger partial charge in [0.25, 0.3) is 0 Å². The molecule has 0 aromatic heterocycles. The number of amides is 4. The Labute approximate surface area is 305 Å². The molecule has 0 saturated carbocycles. The number of phenols is 3. The van der Waals surface area contributed by atoms with Crippen LogP contribution in [0.2, 0.25) is 0 Å². The van der Waals surface area contributed by atoms with E-state index in [4.69, 9.17) is 10.2 Å². The van der Waals surface area contributed by atoms with Crippen LogP contribution in [0, 0.1) is 41.5 Å². The second-order valence-electron chi connectivity index (χ2n) is 14.7. The Hall–Kier alpha value is -4.48. The van der Waals surface area contributed by atoms with Crippen LogP contribution in [0.5, 0.6) is 17.2 Å². The third-order valence-corrected chi connectivity index (χ3v) is 8.85. The van der Waals surface area contributed by atoms with Crippen LogP contribution < -0.4 is 0 Å². The number of rotatable bonds is 3. The van der Waals surface area contributed by atoms with Crippen LogP contribution in [0.3, 0.4) is 0 Å². The molecule has 5 N–H and O–H groups in total. The predicted molar refractivity (Wildman–Crippen MR) is 206 cm³/mol. The van der Waals surface area contributed by atoms with E-state index in [0.717, 1.165) is 44.5 Å². The zero-order valence-electron chi connectivity index (χ0n) is 33.4. The third-order valence-electron chi connectivity index (χ3n) is 8.85. The maximum absolute atomic E-state index is 11.3. The fourth-order valence-electron chi connectivity index (χ4n) is 5.57. The summed E-state index contributed by atoms with van der Waals surface area (Å²) in [7, 11) is 10.1. The number of aryl methyl sites for hydroxylation is 6. The van der Waals surface area contributed by atoms with Crippen molar-refractivity contribution in [3.8, 4) is 28.4 Å². The molecule has 0 radical (unpaired) electrons. The Morgan fingerprint density at radius 2 is 0.863 bits per heavy atom. The number of nitrogens with zero attached hydrogens (tertiary/aromatic N) is 4. The van der Waals surface area contributed by atoms with Crippen molar-refractivity contribution in [2.45, 2.75) is 79.8 Å². The van der Waals surface area contributed by atoms with Crippen molar-refractivity contribution in [1.29, 1.82) is 0 Å². The number of hydrogen-bond donors (Lipinski definition) is 5. The van der Waals surface area contributed by atoms with Gasteiger partial charge >= 0.3 is 12.1 Å². The number of aromatic hydroxyl groups is 3. The molecule has 284 valence electrons. The molecule has 0 bridgehead atoms. The molecule has 2 unspecified atom stereocenters. The van der Waals surface area contributed by atoms with Crippen molar-refractivity contribution < 1.29 is 35.1 Å². The van der Waals surface area contributed by atoms with E-state index in [1.807, 2.05) is 65.8 Å². The maximum atomic E-state index is 11.3. The van der Waals surface area contributed by atoms with E-state index in [9.17, 15) is 24.9 Å². The molecular weight excluding hydrogens is 648 g/mol. The lowest BCUT2D eigenvalue weighted by Crippen LogP contribution is -2.40. The van der Waals surface area contributed by atoms with Crippen LogP contribution >= 0.6 is 0 Å². The van der Waals surface area contributed by atoms with Crippen molar-refractivity contribution >= 4 is 12.1 Å². The summed E-state index contributed by atoms with van der Waals surface area (Å²) in [6.45, 7) is 17.8. The molecule has 11 heteroatoms. The van der Waals surface area contributed by atoms with Crippen molar-refractivity contribution in [2.75, 3.05) is 55.5 Å². The first kappa shape index (κ1) is 44.5. The van der Waals surface area contributed by atoms with E-state index < -0.39 is 0 Å². The summed E-state index contributed by atoms with van der Waals surface area (Å²) in [6.07, 6.45) is 0. The number of likely N-dealkylation sites (N-methyl/N-ethyl adjacent to an activating group) is 2. The Bertz CT molecular complexity index is 1490. The van der Waals surface area contributed by atoms with Crippen LogP contribution in [-0.4, -0.2) is 125 Å². The molecule has 4 rings (SSSR count). The highest BCUT2D eigenvalue weighted by Crippen LogP contribution is 2.33. The fraction of sp³-hybridized carbons (Fsp3) is 0.500. The van der Waals surface area contributed by atoms with Crippen LogP contribution in [0.4, 0.5) is 9.59 Å². The van der Waals surface area contributed by atoms with Crippen LogP contribution in [-0.2, 0) is 5.41 Å². The molecule has 3 aromatic carbocycles. The molecular formula is C40H62N4O7. The first-order valence-corrected chi connectivity index (χ1v) is 16.9. The largest absolute Gasteiger partial charge is 0.507 e. The van der Waals surface area contributed by atoms with E-state index in [1.54, 1.807) is 42.3 Å². The number of aliphatic hydroxyl groups is 2. The number of hydrogen-bond acceptors (Lipinski definition) is 7. The molecule has 1 aliphatic heterocycles. The van der Waals surface area contributed by atoms with E-state index in [-0.39, 0.29) is 42.8 Å². The minimum atomic E-state index is -0.285. The van der Waals surface area contributed by atoms with E-state index >= 15 is 0 Å². The van der Waals surface area contributed by atoms with Crippen molar-refractivity contribution in [1.82, 2.24) is 19.6 Å². The number of carbonyl (C=O) groups excluding carboxylic acids is 2. The molecule has 2 atom stereocenters. The van der Waals surface area contributed by atoms with Gasteiger partial charge in [0.05, 0.1) is 25.3 Å². The van der Waals surface area contributed by atoms with Gasteiger partial charge in [-0.25, -0.2) is 9.59 Å². The molecule has 0 aliphatic carbocycles. The molecule has 1 aliphatic rings. The highest BCUT2D eigenvalue weighted by atomic mass is 16.3. The normalized spacial score (nSPS) is 15.2. The molecule has 3 aromatic rings. The zero-order valence-corrected chi connectivity index (χ0v) is 33.4. The molecule has 4 amide bonds. The van der Waals surface area contributed by atoms with Crippen molar-refractivity contribution in [3.63, 3.8) is 0 Å². The Morgan fingerprint density at radius 1 is 0.608 bits per heavy atom. The quantitative estimate of drug-likeness (QED) is 0.216. The van der Waals surface area contributed by atoms with Crippen molar-refractivity contribution in [2.24, 2.45) is 0 Å². The van der Waals surface area contributed by atoms with Crippen LogP contribution in [0.1, 0.15) is 59.7 Å². The summed E-state index contributed by atoms with van der Waals surface area (Å²) in [5.41, 5.74) is 8.96. The summed E-state index contributed by atoms with van der Waals surface area (Å²) in [5.74, 6) is 1.13. The standard InChI is InChI=1S/C16H18O2.C12H18O.C7H14N2O3.C5H12N2O/c1-9-5-13(6-10(2)15(9)17)14-7-11(3)16(18)12(4)8-14;1-8-6-10(12(3,4)5)7-9(2)11(8)13;1-8-5(3-10)6(4-11)9(2)7(8)12;1-6(2)5(8)7(3)4/h5-8,17-18H,1-4H3;6-7,13H,1-5H3;5-6,10-11H,3-4H2,1-2H3;1-4H3. The summed E-state index contributed by atoms with van der Waals surface area (Å²) in [5, 5.41) is 47.1. The fourth-order valence-corrected chi connectivity index (χ4v) is 5.57. The molecule has 1 heterocycles. The second kappa shape index (κ2) is 18.7. The lowest BCUT2D eigenvalue weighted by Gasteiger charge is -2.20. The summed E-state index contributed by atoms with van der Waals surface area (Å²) in [6, 6.07) is 11.3. The van der Waals surface area contributed by atoms with Gasteiger partial charge in [-0.05, 0) is 121 Å². The van der Waals surface area contributed by atoms with Gasteiger partial charge < -0.3 is 45.1 Å². The van der Waals surface area contributed by atoms with Gasteiger partial charge in [0.2, 0.25) is 0 Å². The highest BCUT2D eigenvalue weighted by molar-refractivity contribution is 5.77. The first-order chi connectivity index (χ1) is 23.4. The van der Waals surface area contributed by atoms with Gasteiger partial charge in [0.1, 0.15) is 17.2 Å². The lowest BCUT2D eigenvalue weighted by atomic mass is 9.85. The molecule has 0 spiro atoms. The highest BCUT2D eigenvalue weighted by Gasteiger charge is 2.40. The third kappa shape index (κ3) is 11.8. The lowest BCUT2D eigenvalue weighted by molar-refractivity contribution is 0.131. The van der Waals surface area contributed by atoms with Gasteiger partial charge in [-0.1, -0.05) is 32.9 Å². The Morgan fingerprint density at radius 3 is 1.06 bits per heavy atom. The Balaban J connectivity index is 0.000000354. The van der Waals surface area contributed by atoms with Gasteiger partial charge in [0, 0.05) is 42.3 Å². The average molecular weight is 711 g/mol. The smallest absolute Gasteiger partial charge is 0.320 e. The van der Waals surface area contributed by atoms with E-state index in [2.05, 4.69) is 32.9 Å². The first-order valence-electron chi connectivity index (χ1n) is 16.9. The topological polar surface area (TPSA) is 148 Å². The average Bonchev–Trinajstić information content (AvgIpc) is 3.26.